The van der Waals surface area contributed by atoms with Crippen LogP contribution >= 0.6 is 0 Å². The van der Waals surface area contributed by atoms with Crippen molar-refractivity contribution in [2.45, 2.75) is 51.7 Å². The maximum absolute atomic E-state index is 14.1. The van der Waals surface area contributed by atoms with Crippen molar-refractivity contribution < 1.29 is 4.39 Å². The molecule has 1 aliphatic heterocycles. The van der Waals surface area contributed by atoms with Gasteiger partial charge in [0.15, 0.2) is 0 Å². The molecule has 2 atom stereocenters. The van der Waals surface area contributed by atoms with Crippen molar-refractivity contribution in [1.82, 2.24) is 0 Å². The monoisotopic (exact) mass is 236 g/mol. The molecular formula is C14H21FN2. The molecule has 0 spiro atoms. The highest BCUT2D eigenvalue weighted by Gasteiger charge is 2.32. The summed E-state index contributed by atoms with van der Waals surface area (Å²) in [6.45, 7) is 4.73. The molecule has 0 radical (unpaired) electrons. The minimum atomic E-state index is -0.139. The van der Waals surface area contributed by atoms with Crippen molar-refractivity contribution in [3.63, 3.8) is 0 Å². The van der Waals surface area contributed by atoms with Gasteiger partial charge in [-0.1, -0.05) is 19.1 Å². The molecule has 2 nitrogen and oxygen atoms in total. The van der Waals surface area contributed by atoms with Crippen molar-refractivity contribution in [3.05, 3.63) is 29.6 Å². The van der Waals surface area contributed by atoms with Gasteiger partial charge >= 0.3 is 0 Å². The van der Waals surface area contributed by atoms with Crippen LogP contribution in [-0.4, -0.2) is 12.1 Å². The Morgan fingerprint density at radius 3 is 2.82 bits per heavy atom. The Kier molecular flexibility index (Phi) is 3.67. The van der Waals surface area contributed by atoms with Gasteiger partial charge in [0.2, 0.25) is 0 Å². The van der Waals surface area contributed by atoms with E-state index in [9.17, 15) is 4.39 Å². The third kappa shape index (κ3) is 2.16. The molecule has 94 valence electrons. The van der Waals surface area contributed by atoms with Gasteiger partial charge in [0.1, 0.15) is 5.82 Å². The standard InChI is InChI=1S/C14H21FN2/c1-3-12-8-7-10(2)17(12)14-11(9-16)5-4-6-13(14)15/h4-6,10,12H,3,7-9,16H2,1-2H3. The smallest absolute Gasteiger partial charge is 0.146 e. The molecular weight excluding hydrogens is 215 g/mol. The van der Waals surface area contributed by atoms with Gasteiger partial charge in [-0.15, -0.1) is 0 Å². The molecule has 0 bridgehead atoms. The van der Waals surface area contributed by atoms with Crippen LogP contribution in [0.2, 0.25) is 0 Å². The molecule has 0 amide bonds. The van der Waals surface area contributed by atoms with Crippen molar-refractivity contribution >= 4 is 5.69 Å². The molecule has 3 heteroatoms. The van der Waals surface area contributed by atoms with Crippen molar-refractivity contribution in [3.8, 4) is 0 Å². The lowest BCUT2D eigenvalue weighted by molar-refractivity contribution is 0.578. The lowest BCUT2D eigenvalue weighted by Gasteiger charge is -2.32. The minimum Gasteiger partial charge on any atom is -0.363 e. The highest BCUT2D eigenvalue weighted by Crippen LogP contribution is 2.35. The normalized spacial score (nSPS) is 24.4. The number of halogens is 1. The molecule has 1 heterocycles. The summed E-state index contributed by atoms with van der Waals surface area (Å²) < 4.78 is 14.1. The first kappa shape index (κ1) is 12.4. The van der Waals surface area contributed by atoms with E-state index in [0.717, 1.165) is 30.5 Å². The molecule has 1 fully saturated rings. The van der Waals surface area contributed by atoms with E-state index in [1.165, 1.54) is 6.07 Å². The Bertz CT molecular complexity index is 392. The number of nitrogens with zero attached hydrogens (tertiary/aromatic N) is 1. The van der Waals surface area contributed by atoms with E-state index in [4.69, 9.17) is 5.73 Å². The van der Waals surface area contributed by atoms with E-state index < -0.39 is 0 Å². The second kappa shape index (κ2) is 5.05. The van der Waals surface area contributed by atoms with Crippen LogP contribution < -0.4 is 10.6 Å². The van der Waals surface area contributed by atoms with Crippen LogP contribution in [-0.2, 0) is 6.54 Å². The molecule has 2 rings (SSSR count). The number of para-hydroxylation sites is 1. The second-order valence-corrected chi connectivity index (χ2v) is 4.85. The third-order valence-electron chi connectivity index (χ3n) is 3.81. The Balaban J connectivity index is 2.44. The zero-order valence-electron chi connectivity index (χ0n) is 10.6. The SMILES string of the molecule is CCC1CCC(C)N1c1c(F)cccc1CN. The third-order valence-corrected chi connectivity index (χ3v) is 3.81. The number of benzene rings is 1. The average molecular weight is 236 g/mol. The number of hydrogen-bond acceptors (Lipinski definition) is 2. The zero-order valence-corrected chi connectivity index (χ0v) is 10.6. The predicted octanol–water partition coefficient (Wildman–Crippen LogP) is 3.05. The summed E-state index contributed by atoms with van der Waals surface area (Å²) in [5.41, 5.74) is 7.37. The Morgan fingerprint density at radius 2 is 2.18 bits per heavy atom. The van der Waals surface area contributed by atoms with Crippen molar-refractivity contribution in [2.75, 3.05) is 4.90 Å². The summed E-state index contributed by atoms with van der Waals surface area (Å²) in [6, 6.07) is 6.06. The van der Waals surface area contributed by atoms with Crippen LogP contribution in [0.15, 0.2) is 18.2 Å². The summed E-state index contributed by atoms with van der Waals surface area (Å²) in [6.07, 6.45) is 3.34. The quantitative estimate of drug-likeness (QED) is 0.874. The first-order valence-corrected chi connectivity index (χ1v) is 6.44. The maximum Gasteiger partial charge on any atom is 0.146 e. The van der Waals surface area contributed by atoms with Crippen molar-refractivity contribution in [2.24, 2.45) is 5.73 Å². The molecule has 0 aromatic heterocycles. The lowest BCUT2D eigenvalue weighted by atomic mass is 10.1. The molecule has 2 N–H and O–H groups in total. The predicted molar refractivity (Wildman–Crippen MR) is 69.5 cm³/mol. The molecule has 1 aromatic rings. The Labute approximate surface area is 103 Å². The van der Waals surface area contributed by atoms with E-state index in [-0.39, 0.29) is 5.82 Å². The molecule has 17 heavy (non-hydrogen) atoms. The topological polar surface area (TPSA) is 29.3 Å². The largest absolute Gasteiger partial charge is 0.363 e. The van der Waals surface area contributed by atoms with Gasteiger partial charge in [-0.25, -0.2) is 4.39 Å². The lowest BCUT2D eigenvalue weighted by Crippen LogP contribution is -2.35. The van der Waals surface area contributed by atoms with Crippen molar-refractivity contribution in [1.29, 1.82) is 0 Å². The van der Waals surface area contributed by atoms with E-state index in [0.29, 0.717) is 18.6 Å². The summed E-state index contributed by atoms with van der Waals surface area (Å²) in [5.74, 6) is -0.139. The molecule has 0 saturated carbocycles. The molecule has 1 saturated heterocycles. The number of nitrogens with two attached hydrogens (primary N) is 1. The fourth-order valence-electron chi connectivity index (χ4n) is 2.89. The molecule has 0 aliphatic carbocycles. The van der Waals surface area contributed by atoms with E-state index in [1.807, 2.05) is 6.07 Å². The van der Waals surface area contributed by atoms with Gasteiger partial charge in [0.05, 0.1) is 5.69 Å². The van der Waals surface area contributed by atoms with Crippen LogP contribution in [0, 0.1) is 5.82 Å². The van der Waals surface area contributed by atoms with Gasteiger partial charge < -0.3 is 10.6 Å². The fraction of sp³-hybridized carbons (Fsp3) is 0.571. The minimum absolute atomic E-state index is 0.139. The van der Waals surface area contributed by atoms with Gasteiger partial charge in [0.25, 0.3) is 0 Å². The molecule has 2 unspecified atom stereocenters. The summed E-state index contributed by atoms with van der Waals surface area (Å²) in [4.78, 5) is 2.23. The van der Waals surface area contributed by atoms with Crippen LogP contribution in [0.5, 0.6) is 0 Å². The summed E-state index contributed by atoms with van der Waals surface area (Å²) in [7, 11) is 0. The molecule has 1 aromatic carbocycles. The van der Waals surface area contributed by atoms with Crippen LogP contribution in [0.3, 0.4) is 0 Å². The highest BCUT2D eigenvalue weighted by atomic mass is 19.1. The van der Waals surface area contributed by atoms with Crippen LogP contribution in [0.25, 0.3) is 0 Å². The number of anilines is 1. The van der Waals surface area contributed by atoms with Gasteiger partial charge in [-0.3, -0.25) is 0 Å². The highest BCUT2D eigenvalue weighted by molar-refractivity contribution is 5.57. The van der Waals surface area contributed by atoms with E-state index in [2.05, 4.69) is 18.7 Å². The maximum atomic E-state index is 14.1. The first-order chi connectivity index (χ1) is 8.19. The van der Waals surface area contributed by atoms with Gasteiger partial charge in [0, 0.05) is 18.6 Å². The summed E-state index contributed by atoms with van der Waals surface area (Å²) in [5, 5.41) is 0. The van der Waals surface area contributed by atoms with Gasteiger partial charge in [-0.2, -0.15) is 0 Å². The van der Waals surface area contributed by atoms with Gasteiger partial charge in [-0.05, 0) is 37.8 Å². The van der Waals surface area contributed by atoms with Crippen LogP contribution in [0.1, 0.15) is 38.7 Å². The number of rotatable bonds is 3. The van der Waals surface area contributed by atoms with E-state index in [1.54, 1.807) is 6.07 Å². The average Bonchev–Trinajstić information content (AvgIpc) is 2.70. The van der Waals surface area contributed by atoms with Crippen LogP contribution in [0.4, 0.5) is 10.1 Å². The fourth-order valence-corrected chi connectivity index (χ4v) is 2.89. The molecule has 1 aliphatic rings. The Morgan fingerprint density at radius 1 is 1.41 bits per heavy atom. The Hall–Kier alpha value is -1.09. The first-order valence-electron chi connectivity index (χ1n) is 6.44. The second-order valence-electron chi connectivity index (χ2n) is 4.85. The zero-order chi connectivity index (χ0) is 12.4. The van der Waals surface area contributed by atoms with E-state index >= 15 is 0 Å². The number of hydrogen-bond donors (Lipinski definition) is 1. The summed E-state index contributed by atoms with van der Waals surface area (Å²) >= 11 is 0.